The van der Waals surface area contributed by atoms with E-state index in [-0.39, 0.29) is 5.97 Å². The van der Waals surface area contributed by atoms with E-state index in [0.29, 0.717) is 17.9 Å². The average Bonchev–Trinajstić information content (AvgIpc) is 2.99. The van der Waals surface area contributed by atoms with Crippen LogP contribution in [0.4, 0.5) is 0 Å². The van der Waals surface area contributed by atoms with Crippen molar-refractivity contribution in [2.45, 2.75) is 13.8 Å². The van der Waals surface area contributed by atoms with Gasteiger partial charge in [0.25, 0.3) is 0 Å². The molecule has 0 fully saturated rings. The number of esters is 1. The van der Waals surface area contributed by atoms with Crippen LogP contribution in [-0.2, 0) is 4.74 Å². The minimum atomic E-state index is -0.321. The Morgan fingerprint density at radius 1 is 1.04 bits per heavy atom. The molecule has 0 spiro atoms. The fourth-order valence-corrected chi connectivity index (χ4v) is 4.12. The number of carbonyl (C=O) groups is 1. The molecule has 0 N–H and O–H groups in total. The molecule has 0 saturated heterocycles. The van der Waals surface area contributed by atoms with Gasteiger partial charge in [-0.05, 0) is 44.2 Å². The van der Waals surface area contributed by atoms with E-state index in [9.17, 15) is 4.79 Å². The number of ether oxygens (including phenoxy) is 1. The second-order valence-electron chi connectivity index (χ2n) is 5.86. The second kappa shape index (κ2) is 6.30. The van der Waals surface area contributed by atoms with E-state index < -0.39 is 0 Å². The first-order valence-corrected chi connectivity index (χ1v) is 9.05. The third kappa shape index (κ3) is 2.79. The van der Waals surface area contributed by atoms with Crippen LogP contribution in [0.15, 0.2) is 54.6 Å². The Morgan fingerprint density at radius 3 is 2.64 bits per heavy atom. The molecule has 0 amide bonds. The molecule has 4 aromatic rings. The zero-order valence-corrected chi connectivity index (χ0v) is 14.9. The fourth-order valence-electron chi connectivity index (χ4n) is 3.03. The summed E-state index contributed by atoms with van der Waals surface area (Å²) in [4.78, 5) is 16.6. The lowest BCUT2D eigenvalue weighted by atomic mass is 10.1. The summed E-state index contributed by atoms with van der Waals surface area (Å²) >= 11 is 1.80. The Labute approximate surface area is 149 Å². The maximum atomic E-state index is 11.9. The molecule has 3 nitrogen and oxygen atoms in total. The molecule has 0 aliphatic rings. The number of carbonyl (C=O) groups excluding carboxylic acids is 1. The molecular weight excluding hydrogens is 330 g/mol. The lowest BCUT2D eigenvalue weighted by molar-refractivity contribution is 0.0525. The van der Waals surface area contributed by atoms with Crippen LogP contribution in [0.2, 0.25) is 0 Å². The van der Waals surface area contributed by atoms with E-state index in [4.69, 9.17) is 4.74 Å². The van der Waals surface area contributed by atoms with Gasteiger partial charge in [-0.1, -0.05) is 24.3 Å². The molecule has 2 aromatic carbocycles. The Bertz CT molecular complexity index is 1100. The van der Waals surface area contributed by atoms with Gasteiger partial charge in [0.05, 0.1) is 23.6 Å². The zero-order valence-electron chi connectivity index (χ0n) is 14.1. The maximum Gasteiger partial charge on any atom is 0.339 e. The van der Waals surface area contributed by atoms with Crippen molar-refractivity contribution >= 4 is 37.5 Å². The number of nitrogens with zero attached hydrogens (tertiary/aromatic N) is 1. The Morgan fingerprint density at radius 2 is 1.84 bits per heavy atom. The molecule has 0 saturated carbocycles. The van der Waals surface area contributed by atoms with Gasteiger partial charge in [0.15, 0.2) is 0 Å². The van der Waals surface area contributed by atoms with Crippen LogP contribution in [0.3, 0.4) is 0 Å². The first-order chi connectivity index (χ1) is 12.2. The number of hydrogen-bond donors (Lipinski definition) is 0. The molecule has 25 heavy (non-hydrogen) atoms. The van der Waals surface area contributed by atoms with Gasteiger partial charge in [0.1, 0.15) is 0 Å². The summed E-state index contributed by atoms with van der Waals surface area (Å²) in [5.41, 5.74) is 3.12. The Balaban J connectivity index is 1.80. The van der Waals surface area contributed by atoms with E-state index >= 15 is 0 Å². The molecule has 0 atom stereocenters. The minimum absolute atomic E-state index is 0.321. The second-order valence-corrected chi connectivity index (χ2v) is 6.94. The highest BCUT2D eigenvalue weighted by atomic mass is 32.1. The molecule has 0 aliphatic heterocycles. The summed E-state index contributed by atoms with van der Waals surface area (Å²) in [5, 5.41) is 2.51. The quantitative estimate of drug-likeness (QED) is 0.453. The molecular formula is C21H17NO2S. The highest BCUT2D eigenvalue weighted by Gasteiger charge is 2.13. The van der Waals surface area contributed by atoms with Gasteiger partial charge < -0.3 is 4.74 Å². The largest absolute Gasteiger partial charge is 0.462 e. The van der Waals surface area contributed by atoms with Crippen molar-refractivity contribution in [1.29, 1.82) is 0 Å². The van der Waals surface area contributed by atoms with E-state index in [1.54, 1.807) is 24.3 Å². The van der Waals surface area contributed by atoms with Crippen LogP contribution in [0.5, 0.6) is 0 Å². The number of hydrogen-bond acceptors (Lipinski definition) is 4. The van der Waals surface area contributed by atoms with Crippen molar-refractivity contribution in [3.8, 4) is 11.3 Å². The highest BCUT2D eigenvalue weighted by molar-refractivity contribution is 7.25. The zero-order chi connectivity index (χ0) is 17.4. The van der Waals surface area contributed by atoms with Gasteiger partial charge in [0.2, 0.25) is 0 Å². The number of rotatable bonds is 3. The minimum Gasteiger partial charge on any atom is -0.462 e. The maximum absolute atomic E-state index is 11.9. The fraction of sp³-hybridized carbons (Fsp3) is 0.143. The topological polar surface area (TPSA) is 39.2 Å². The van der Waals surface area contributed by atoms with Gasteiger partial charge in [-0.15, -0.1) is 11.3 Å². The van der Waals surface area contributed by atoms with E-state index in [2.05, 4.69) is 47.4 Å². The lowest BCUT2D eigenvalue weighted by Gasteiger charge is -2.07. The van der Waals surface area contributed by atoms with Crippen molar-refractivity contribution in [2.75, 3.05) is 6.61 Å². The normalized spacial score (nSPS) is 11.1. The third-order valence-corrected chi connectivity index (χ3v) is 5.41. The molecule has 0 unspecified atom stereocenters. The summed E-state index contributed by atoms with van der Waals surface area (Å²) in [5.74, 6) is -0.321. The number of aryl methyl sites for hydroxylation is 1. The van der Waals surface area contributed by atoms with Crippen LogP contribution < -0.4 is 0 Å². The summed E-state index contributed by atoms with van der Waals surface area (Å²) in [6, 6.07) is 18.5. The van der Waals surface area contributed by atoms with Crippen LogP contribution in [-0.4, -0.2) is 17.6 Å². The number of fused-ring (bicyclic) bond motifs is 3. The first-order valence-electron chi connectivity index (χ1n) is 8.24. The molecule has 4 rings (SSSR count). The van der Waals surface area contributed by atoms with E-state index in [0.717, 1.165) is 11.3 Å². The van der Waals surface area contributed by atoms with Crippen LogP contribution in [0.25, 0.3) is 31.4 Å². The van der Waals surface area contributed by atoms with Crippen molar-refractivity contribution in [1.82, 2.24) is 4.98 Å². The molecule has 0 aliphatic carbocycles. The summed E-state index contributed by atoms with van der Waals surface area (Å²) in [6.45, 7) is 4.01. The predicted molar refractivity (Wildman–Crippen MR) is 103 cm³/mol. The van der Waals surface area contributed by atoms with Gasteiger partial charge in [0, 0.05) is 25.7 Å². The van der Waals surface area contributed by atoms with E-state index in [1.807, 2.05) is 13.0 Å². The van der Waals surface area contributed by atoms with Crippen LogP contribution in [0.1, 0.15) is 23.0 Å². The smallest absolute Gasteiger partial charge is 0.339 e. The molecule has 0 bridgehead atoms. The Kier molecular flexibility index (Phi) is 3.98. The van der Waals surface area contributed by atoms with Gasteiger partial charge in [-0.3, -0.25) is 4.98 Å². The van der Waals surface area contributed by atoms with Crippen molar-refractivity contribution in [2.24, 2.45) is 0 Å². The van der Waals surface area contributed by atoms with Crippen molar-refractivity contribution in [3.05, 3.63) is 65.9 Å². The third-order valence-electron chi connectivity index (χ3n) is 4.25. The molecule has 2 aromatic heterocycles. The summed E-state index contributed by atoms with van der Waals surface area (Å²) in [6.07, 6.45) is 0. The average molecular weight is 347 g/mol. The predicted octanol–water partition coefficient (Wildman–Crippen LogP) is 5.60. The van der Waals surface area contributed by atoms with Gasteiger partial charge in [-0.2, -0.15) is 0 Å². The van der Waals surface area contributed by atoms with E-state index in [1.165, 1.54) is 20.2 Å². The molecule has 2 heterocycles. The number of thiophene rings is 1. The van der Waals surface area contributed by atoms with Gasteiger partial charge in [-0.25, -0.2) is 4.79 Å². The standard InChI is InChI=1S/C21H17NO2S/c1-3-24-21(23)15-9-10-18(22-13(15)2)14-8-11-20-17(12-14)16-6-4-5-7-19(16)25-20/h4-12H,3H2,1-2H3. The SMILES string of the molecule is CCOC(=O)c1ccc(-c2ccc3sc4ccccc4c3c2)nc1C. The van der Waals surface area contributed by atoms with Crippen LogP contribution in [0, 0.1) is 6.92 Å². The highest BCUT2D eigenvalue weighted by Crippen LogP contribution is 2.35. The molecule has 4 heteroatoms. The molecule has 0 radical (unpaired) electrons. The summed E-state index contributed by atoms with van der Waals surface area (Å²) in [7, 11) is 0. The lowest BCUT2D eigenvalue weighted by Crippen LogP contribution is -2.08. The van der Waals surface area contributed by atoms with Gasteiger partial charge >= 0.3 is 5.97 Å². The number of aromatic nitrogens is 1. The number of pyridine rings is 1. The van der Waals surface area contributed by atoms with Crippen molar-refractivity contribution < 1.29 is 9.53 Å². The number of benzene rings is 2. The molecule has 124 valence electrons. The monoisotopic (exact) mass is 347 g/mol. The Hall–Kier alpha value is -2.72. The summed E-state index contributed by atoms with van der Waals surface area (Å²) < 4.78 is 7.63. The van der Waals surface area contributed by atoms with Crippen molar-refractivity contribution in [3.63, 3.8) is 0 Å². The first kappa shape index (κ1) is 15.8. The van der Waals surface area contributed by atoms with Crippen LogP contribution >= 0.6 is 11.3 Å².